The zero-order valence-corrected chi connectivity index (χ0v) is 21.3. The summed E-state index contributed by atoms with van der Waals surface area (Å²) in [5, 5.41) is 15.4. The molecule has 8 nitrogen and oxygen atoms in total. The van der Waals surface area contributed by atoms with Gasteiger partial charge in [0.15, 0.2) is 0 Å². The molecule has 0 saturated carbocycles. The summed E-state index contributed by atoms with van der Waals surface area (Å²) in [6.07, 6.45) is 5.93. The van der Waals surface area contributed by atoms with Crippen LogP contribution in [0.3, 0.4) is 0 Å². The summed E-state index contributed by atoms with van der Waals surface area (Å²) < 4.78 is 12.1. The molecule has 0 bridgehead atoms. The van der Waals surface area contributed by atoms with Crippen LogP contribution in [0.4, 0.5) is 0 Å². The number of pyridine rings is 1. The highest BCUT2D eigenvalue weighted by atomic mass is 16.5. The molecule has 0 spiro atoms. The molecule has 0 radical (unpaired) electrons. The maximum absolute atomic E-state index is 5.79. The Kier molecular flexibility index (Phi) is 5.11. The van der Waals surface area contributed by atoms with Gasteiger partial charge >= 0.3 is 0 Å². The molecule has 186 valence electrons. The number of aryl methyl sites for hydroxylation is 3. The number of fused-ring (bicyclic) bond motifs is 5. The van der Waals surface area contributed by atoms with E-state index in [9.17, 15) is 0 Å². The van der Waals surface area contributed by atoms with Gasteiger partial charge in [-0.2, -0.15) is 5.10 Å². The lowest BCUT2D eigenvalue weighted by atomic mass is 9.86. The largest absolute Gasteiger partial charge is 0.381 e. The predicted molar refractivity (Wildman–Crippen MR) is 144 cm³/mol. The number of nitrogens with zero attached hydrogens (tertiary/aromatic N) is 7. The van der Waals surface area contributed by atoms with E-state index in [0.29, 0.717) is 5.92 Å². The molecule has 5 heterocycles. The Balaban J connectivity index is 1.60. The normalized spacial score (nSPS) is 15.8. The van der Waals surface area contributed by atoms with E-state index in [1.54, 1.807) is 0 Å². The minimum atomic E-state index is 0.151. The molecule has 0 unspecified atom stereocenters. The van der Waals surface area contributed by atoms with E-state index >= 15 is 0 Å². The van der Waals surface area contributed by atoms with Gasteiger partial charge < -0.3 is 9.30 Å². The Morgan fingerprint density at radius 2 is 1.76 bits per heavy atom. The first-order valence-corrected chi connectivity index (χ1v) is 12.9. The minimum Gasteiger partial charge on any atom is -0.381 e. The van der Waals surface area contributed by atoms with Crippen molar-refractivity contribution in [3.05, 3.63) is 72.2 Å². The number of benzene rings is 2. The van der Waals surface area contributed by atoms with Gasteiger partial charge in [0.05, 0.1) is 51.1 Å². The fourth-order valence-electron chi connectivity index (χ4n) is 6.25. The van der Waals surface area contributed by atoms with Crippen LogP contribution in [-0.4, -0.2) is 47.5 Å². The highest BCUT2D eigenvalue weighted by Crippen LogP contribution is 2.42. The lowest BCUT2D eigenvalue weighted by Gasteiger charge is -2.33. The Bertz CT molecular complexity index is 1740. The van der Waals surface area contributed by atoms with E-state index in [4.69, 9.17) is 9.72 Å². The average molecular weight is 492 g/mol. The second kappa shape index (κ2) is 8.52. The molecule has 1 aliphatic heterocycles. The molecule has 37 heavy (non-hydrogen) atoms. The highest BCUT2D eigenvalue weighted by Gasteiger charge is 2.31. The van der Waals surface area contributed by atoms with Gasteiger partial charge in [0.1, 0.15) is 0 Å². The maximum Gasteiger partial charge on any atom is 0.0982 e. The number of hydrogen-bond donors (Lipinski definition) is 0. The fourth-order valence-corrected chi connectivity index (χ4v) is 6.25. The van der Waals surface area contributed by atoms with Gasteiger partial charge in [-0.15, -0.1) is 5.10 Å². The first kappa shape index (κ1) is 22.2. The Morgan fingerprint density at radius 1 is 0.946 bits per heavy atom. The van der Waals surface area contributed by atoms with Gasteiger partial charge in [-0.25, -0.2) is 4.68 Å². The van der Waals surface area contributed by atoms with Crippen LogP contribution in [0.1, 0.15) is 30.1 Å². The van der Waals surface area contributed by atoms with Gasteiger partial charge in [0.25, 0.3) is 0 Å². The van der Waals surface area contributed by atoms with Crippen LogP contribution in [0.25, 0.3) is 44.1 Å². The summed E-state index contributed by atoms with van der Waals surface area (Å²) in [7, 11) is 3.94. The summed E-state index contributed by atoms with van der Waals surface area (Å²) >= 11 is 0. The van der Waals surface area contributed by atoms with Crippen molar-refractivity contribution >= 4 is 32.8 Å². The van der Waals surface area contributed by atoms with Crippen molar-refractivity contribution in [2.45, 2.75) is 25.8 Å². The Labute approximate surface area is 214 Å². The van der Waals surface area contributed by atoms with E-state index in [0.717, 1.165) is 70.3 Å². The summed E-state index contributed by atoms with van der Waals surface area (Å²) in [6.45, 7) is 3.58. The van der Waals surface area contributed by atoms with Crippen LogP contribution in [0.2, 0.25) is 0 Å². The van der Waals surface area contributed by atoms with Gasteiger partial charge in [-0.05, 0) is 49.4 Å². The molecule has 2 aromatic carbocycles. The average Bonchev–Trinajstić information content (AvgIpc) is 3.58. The smallest absolute Gasteiger partial charge is 0.0982 e. The molecule has 0 aliphatic carbocycles. The zero-order chi connectivity index (χ0) is 25.1. The SMILES string of the molecule is Cc1nnn(C)c1-c1cnc2c3c4c(ccc3n([C@H](c3ccccc3)C3CCOCC3)c2c1)cnn4C. The number of ether oxygens (including phenoxy) is 1. The molecule has 8 heteroatoms. The van der Waals surface area contributed by atoms with Crippen molar-refractivity contribution in [2.75, 3.05) is 13.2 Å². The second-order valence-electron chi connectivity index (χ2n) is 10.1. The first-order valence-electron chi connectivity index (χ1n) is 12.9. The first-order chi connectivity index (χ1) is 18.1. The molecular weight excluding hydrogens is 462 g/mol. The molecule has 7 rings (SSSR count). The standard InChI is InChI=1S/C29H29N7O/c1-18-27(35(3)33-32-18)22-15-24-26(30-16-22)25-23(10-9-21-17-31-34(2)29(21)25)36(24)28(19-7-5-4-6-8-19)20-11-13-37-14-12-20/h4-10,15-17,20,28H,11-14H2,1-3H3/t28-/m1/s1. The van der Waals surface area contributed by atoms with Gasteiger partial charge in [0.2, 0.25) is 0 Å². The summed E-state index contributed by atoms with van der Waals surface area (Å²) in [5.74, 6) is 0.445. The van der Waals surface area contributed by atoms with E-state index in [2.05, 4.69) is 68.5 Å². The maximum atomic E-state index is 5.79. The van der Waals surface area contributed by atoms with Crippen molar-refractivity contribution in [2.24, 2.45) is 20.0 Å². The van der Waals surface area contributed by atoms with Crippen molar-refractivity contribution < 1.29 is 4.74 Å². The molecule has 1 saturated heterocycles. The van der Waals surface area contributed by atoms with Crippen molar-refractivity contribution in [1.29, 1.82) is 0 Å². The molecular formula is C29H29N7O. The van der Waals surface area contributed by atoms with Crippen LogP contribution in [0.5, 0.6) is 0 Å². The monoisotopic (exact) mass is 491 g/mol. The van der Waals surface area contributed by atoms with Crippen LogP contribution in [-0.2, 0) is 18.8 Å². The molecule has 6 aromatic rings. The summed E-state index contributed by atoms with van der Waals surface area (Å²) in [5.41, 5.74) is 8.60. The number of aromatic nitrogens is 7. The van der Waals surface area contributed by atoms with Gasteiger partial charge in [0, 0.05) is 44.5 Å². The van der Waals surface area contributed by atoms with E-state index in [1.165, 1.54) is 11.1 Å². The molecule has 1 atom stereocenters. The van der Waals surface area contributed by atoms with E-state index in [-0.39, 0.29) is 6.04 Å². The predicted octanol–water partition coefficient (Wildman–Crippen LogP) is 5.20. The lowest BCUT2D eigenvalue weighted by molar-refractivity contribution is 0.0553. The fraction of sp³-hybridized carbons (Fsp3) is 0.310. The Hall–Kier alpha value is -4.04. The summed E-state index contributed by atoms with van der Waals surface area (Å²) in [6, 6.07) is 17.7. The third-order valence-corrected chi connectivity index (χ3v) is 7.90. The van der Waals surface area contributed by atoms with Crippen LogP contribution >= 0.6 is 0 Å². The third-order valence-electron chi connectivity index (χ3n) is 7.90. The number of hydrogen-bond acceptors (Lipinski definition) is 5. The molecule has 1 aliphatic rings. The van der Waals surface area contributed by atoms with Crippen LogP contribution in [0, 0.1) is 12.8 Å². The van der Waals surface area contributed by atoms with Crippen molar-refractivity contribution in [1.82, 2.24) is 34.3 Å². The quantitative estimate of drug-likeness (QED) is 0.339. The van der Waals surface area contributed by atoms with Crippen molar-refractivity contribution in [3.8, 4) is 11.3 Å². The summed E-state index contributed by atoms with van der Waals surface area (Å²) in [4.78, 5) is 5.10. The minimum absolute atomic E-state index is 0.151. The lowest BCUT2D eigenvalue weighted by Crippen LogP contribution is -2.26. The van der Waals surface area contributed by atoms with E-state index in [1.807, 2.05) is 42.8 Å². The van der Waals surface area contributed by atoms with Crippen molar-refractivity contribution in [3.63, 3.8) is 0 Å². The Morgan fingerprint density at radius 3 is 2.51 bits per heavy atom. The third kappa shape index (κ3) is 3.39. The van der Waals surface area contributed by atoms with Crippen LogP contribution < -0.4 is 0 Å². The highest BCUT2D eigenvalue weighted by molar-refractivity contribution is 6.18. The van der Waals surface area contributed by atoms with Crippen LogP contribution in [0.15, 0.2) is 60.9 Å². The topological polar surface area (TPSA) is 75.6 Å². The second-order valence-corrected chi connectivity index (χ2v) is 10.1. The molecule has 4 aromatic heterocycles. The van der Waals surface area contributed by atoms with E-state index < -0.39 is 0 Å². The molecule has 0 N–H and O–H groups in total. The molecule has 0 amide bonds. The van der Waals surface area contributed by atoms with Gasteiger partial charge in [-0.1, -0.05) is 35.5 Å². The van der Waals surface area contributed by atoms with Gasteiger partial charge in [-0.3, -0.25) is 9.67 Å². The zero-order valence-electron chi connectivity index (χ0n) is 21.3. The molecule has 1 fully saturated rings. The number of rotatable bonds is 4.